The molecule has 5 nitrogen and oxygen atoms in total. The molecule has 0 aromatic heterocycles. The molecule has 24 heavy (non-hydrogen) atoms. The minimum atomic E-state index is -0.250. The predicted octanol–water partition coefficient (Wildman–Crippen LogP) is 2.18. The lowest BCUT2D eigenvalue weighted by Crippen LogP contribution is -2.48. The van der Waals surface area contributed by atoms with Crippen molar-refractivity contribution in [2.24, 2.45) is 4.99 Å². The molecule has 0 saturated heterocycles. The Kier molecular flexibility index (Phi) is 7.68. The van der Waals surface area contributed by atoms with Gasteiger partial charge in [-0.05, 0) is 51.3 Å². The van der Waals surface area contributed by atoms with Gasteiger partial charge >= 0.3 is 0 Å². The molecule has 0 aliphatic rings. The molecule has 0 aliphatic heterocycles. The van der Waals surface area contributed by atoms with Gasteiger partial charge < -0.3 is 15.5 Å². The summed E-state index contributed by atoms with van der Waals surface area (Å²) in [5.41, 5.74) is 0.726. The molecule has 0 fully saturated rings. The molecule has 0 heterocycles. The molecule has 1 rings (SSSR count). The molecule has 0 spiro atoms. The Bertz CT molecular complexity index is 566. The Morgan fingerprint density at radius 3 is 2.62 bits per heavy atom. The van der Waals surface area contributed by atoms with Crippen molar-refractivity contribution < 1.29 is 9.18 Å². The fourth-order valence-electron chi connectivity index (χ4n) is 2.32. The van der Waals surface area contributed by atoms with Crippen molar-refractivity contribution in [3.05, 3.63) is 35.6 Å². The molecule has 0 bridgehead atoms. The van der Waals surface area contributed by atoms with Crippen LogP contribution in [0.3, 0.4) is 0 Å². The molecule has 0 radical (unpaired) electrons. The number of halogens is 1. The maximum Gasteiger partial charge on any atom is 0.240 e. The average molecular weight is 336 g/mol. The van der Waals surface area contributed by atoms with Crippen molar-refractivity contribution in [2.75, 3.05) is 27.2 Å². The summed E-state index contributed by atoms with van der Waals surface area (Å²) in [6, 6.07) is 6.64. The lowest BCUT2D eigenvalue weighted by Gasteiger charge is -2.25. The number of hydrogen-bond acceptors (Lipinski definition) is 2. The lowest BCUT2D eigenvalue weighted by molar-refractivity contribution is -0.122. The largest absolute Gasteiger partial charge is 0.356 e. The number of likely N-dealkylation sites (N-methyl/N-ethyl adjacent to an activating group) is 1. The van der Waals surface area contributed by atoms with Crippen molar-refractivity contribution in [1.82, 2.24) is 15.5 Å². The zero-order chi connectivity index (χ0) is 18.2. The first-order valence-electron chi connectivity index (χ1n) is 8.18. The zero-order valence-corrected chi connectivity index (χ0v) is 15.3. The Hall–Kier alpha value is -2.11. The molecule has 6 heteroatoms. The topological polar surface area (TPSA) is 56.7 Å². The normalized spacial score (nSPS) is 12.0. The van der Waals surface area contributed by atoms with Gasteiger partial charge in [0.15, 0.2) is 5.96 Å². The maximum absolute atomic E-state index is 13.1. The minimum absolute atomic E-state index is 0.0484. The first-order valence-corrected chi connectivity index (χ1v) is 8.18. The van der Waals surface area contributed by atoms with Gasteiger partial charge in [-0.2, -0.15) is 0 Å². The zero-order valence-electron chi connectivity index (χ0n) is 15.3. The second-order valence-electron chi connectivity index (χ2n) is 6.86. The summed E-state index contributed by atoms with van der Waals surface area (Å²) in [4.78, 5) is 17.9. The van der Waals surface area contributed by atoms with E-state index in [0.717, 1.165) is 18.4 Å². The maximum atomic E-state index is 13.1. The number of nitrogens with one attached hydrogen (secondary N) is 2. The van der Waals surface area contributed by atoms with Crippen LogP contribution in [0.1, 0.15) is 32.8 Å². The van der Waals surface area contributed by atoms with Crippen LogP contribution in [0.15, 0.2) is 29.3 Å². The third-order valence-corrected chi connectivity index (χ3v) is 3.28. The molecular weight excluding hydrogens is 307 g/mol. The highest BCUT2D eigenvalue weighted by Crippen LogP contribution is 2.05. The standard InChI is InChI=1S/C18H29FN4O/c1-18(2,3)22-16(24)13-23(5)17(20-4)21-11-7-9-14-8-6-10-15(19)12-14/h6,8,10,12H,7,9,11,13H2,1-5H3,(H,20,21)(H,22,24). The molecule has 1 aromatic carbocycles. The summed E-state index contributed by atoms with van der Waals surface area (Å²) in [5, 5.41) is 6.15. The highest BCUT2D eigenvalue weighted by Gasteiger charge is 2.16. The van der Waals surface area contributed by atoms with Crippen molar-refractivity contribution in [3.8, 4) is 0 Å². The summed E-state index contributed by atoms with van der Waals surface area (Å²) >= 11 is 0. The number of benzene rings is 1. The van der Waals surface area contributed by atoms with Gasteiger partial charge in [0.1, 0.15) is 5.82 Å². The quantitative estimate of drug-likeness (QED) is 0.476. The number of aliphatic imine (C=N–C) groups is 1. The minimum Gasteiger partial charge on any atom is -0.356 e. The lowest BCUT2D eigenvalue weighted by atomic mass is 10.1. The highest BCUT2D eigenvalue weighted by molar-refractivity contribution is 5.86. The number of carbonyl (C=O) groups is 1. The van der Waals surface area contributed by atoms with E-state index in [1.807, 2.05) is 33.9 Å². The van der Waals surface area contributed by atoms with Gasteiger partial charge in [0.05, 0.1) is 6.54 Å². The van der Waals surface area contributed by atoms with Crippen molar-refractivity contribution in [2.45, 2.75) is 39.2 Å². The molecule has 2 N–H and O–H groups in total. The van der Waals surface area contributed by atoms with E-state index in [0.29, 0.717) is 12.5 Å². The van der Waals surface area contributed by atoms with E-state index in [1.54, 1.807) is 24.1 Å². The van der Waals surface area contributed by atoms with Crippen LogP contribution in [-0.2, 0) is 11.2 Å². The SMILES string of the molecule is CN=C(NCCCc1cccc(F)c1)N(C)CC(=O)NC(C)(C)C. The molecule has 0 atom stereocenters. The number of amides is 1. The monoisotopic (exact) mass is 336 g/mol. The van der Waals surface area contributed by atoms with Crippen molar-refractivity contribution in [3.63, 3.8) is 0 Å². The highest BCUT2D eigenvalue weighted by atomic mass is 19.1. The number of nitrogens with zero attached hydrogens (tertiary/aromatic N) is 2. The van der Waals surface area contributed by atoms with Gasteiger partial charge in [0.2, 0.25) is 5.91 Å². The van der Waals surface area contributed by atoms with E-state index < -0.39 is 0 Å². The summed E-state index contributed by atoms with van der Waals surface area (Å²) in [5.74, 6) is 0.409. The summed E-state index contributed by atoms with van der Waals surface area (Å²) in [7, 11) is 3.51. The van der Waals surface area contributed by atoms with E-state index in [2.05, 4.69) is 15.6 Å². The van der Waals surface area contributed by atoms with Crippen LogP contribution in [-0.4, -0.2) is 49.5 Å². The van der Waals surface area contributed by atoms with E-state index >= 15 is 0 Å². The fraction of sp³-hybridized carbons (Fsp3) is 0.556. The van der Waals surface area contributed by atoms with Gasteiger partial charge in [0, 0.05) is 26.2 Å². The van der Waals surface area contributed by atoms with Gasteiger partial charge in [-0.25, -0.2) is 4.39 Å². The van der Waals surface area contributed by atoms with Crippen LogP contribution in [0.4, 0.5) is 4.39 Å². The van der Waals surface area contributed by atoms with Crippen LogP contribution in [0.5, 0.6) is 0 Å². The Balaban J connectivity index is 2.37. The Morgan fingerprint density at radius 1 is 1.33 bits per heavy atom. The molecule has 134 valence electrons. The van der Waals surface area contributed by atoms with Gasteiger partial charge in [-0.15, -0.1) is 0 Å². The third kappa shape index (κ3) is 7.94. The number of aryl methyl sites for hydroxylation is 1. The molecular formula is C18H29FN4O. The van der Waals surface area contributed by atoms with E-state index in [4.69, 9.17) is 0 Å². The van der Waals surface area contributed by atoms with Crippen LogP contribution in [0, 0.1) is 5.82 Å². The first kappa shape index (κ1) is 19.9. The van der Waals surface area contributed by atoms with E-state index in [1.165, 1.54) is 6.07 Å². The van der Waals surface area contributed by atoms with Crippen LogP contribution < -0.4 is 10.6 Å². The van der Waals surface area contributed by atoms with Crippen molar-refractivity contribution in [1.29, 1.82) is 0 Å². The van der Waals surface area contributed by atoms with E-state index in [9.17, 15) is 9.18 Å². The number of hydrogen-bond donors (Lipinski definition) is 2. The summed E-state index contributed by atoms with van der Waals surface area (Å²) in [6.07, 6.45) is 1.64. The molecule has 1 aromatic rings. The third-order valence-electron chi connectivity index (χ3n) is 3.28. The average Bonchev–Trinajstić information content (AvgIpc) is 2.45. The van der Waals surface area contributed by atoms with Crippen LogP contribution >= 0.6 is 0 Å². The van der Waals surface area contributed by atoms with E-state index in [-0.39, 0.29) is 23.8 Å². The number of carbonyl (C=O) groups excluding carboxylic acids is 1. The smallest absolute Gasteiger partial charge is 0.240 e. The summed E-state index contributed by atoms with van der Waals surface area (Å²) < 4.78 is 13.1. The molecule has 0 unspecified atom stereocenters. The second-order valence-corrected chi connectivity index (χ2v) is 6.86. The number of guanidine groups is 1. The van der Waals surface area contributed by atoms with Crippen LogP contribution in [0.25, 0.3) is 0 Å². The van der Waals surface area contributed by atoms with Crippen molar-refractivity contribution >= 4 is 11.9 Å². The predicted molar refractivity (Wildman–Crippen MR) is 96.6 cm³/mol. The van der Waals surface area contributed by atoms with Gasteiger partial charge in [-0.1, -0.05) is 12.1 Å². The molecule has 0 saturated carbocycles. The van der Waals surface area contributed by atoms with Crippen LogP contribution in [0.2, 0.25) is 0 Å². The first-order chi connectivity index (χ1) is 11.2. The molecule has 0 aliphatic carbocycles. The van der Waals surface area contributed by atoms with Gasteiger partial charge in [-0.3, -0.25) is 9.79 Å². The van der Waals surface area contributed by atoms with Gasteiger partial charge in [0.25, 0.3) is 0 Å². The Labute approximate surface area is 144 Å². The second kappa shape index (κ2) is 9.25. The Morgan fingerprint density at radius 2 is 2.04 bits per heavy atom. The fourth-order valence-corrected chi connectivity index (χ4v) is 2.32. The summed E-state index contributed by atoms with van der Waals surface area (Å²) in [6.45, 7) is 6.79. The number of rotatable bonds is 6. The molecule has 1 amide bonds.